The monoisotopic (exact) mass is 424 g/mol. The minimum Gasteiger partial charge on any atom is -0.488 e. The molecule has 0 amide bonds. The molecule has 0 aromatic heterocycles. The average Bonchev–Trinajstić information content (AvgIpc) is 2.64. The maximum Gasteiger partial charge on any atom is 0.315 e. The van der Waals surface area contributed by atoms with E-state index in [1.54, 1.807) is 6.07 Å². The van der Waals surface area contributed by atoms with Gasteiger partial charge in [-0.3, -0.25) is 4.79 Å². The summed E-state index contributed by atoms with van der Waals surface area (Å²) in [5.41, 5.74) is 4.04. The van der Waals surface area contributed by atoms with Crippen LogP contribution in [0.3, 0.4) is 0 Å². The lowest BCUT2D eigenvalue weighted by atomic mass is 10.1. The molecule has 4 heteroatoms. The van der Waals surface area contributed by atoms with Crippen LogP contribution in [0.25, 0.3) is 0 Å². The highest BCUT2D eigenvalue weighted by molar-refractivity contribution is 9.10. The van der Waals surface area contributed by atoms with Crippen LogP contribution in [0, 0.1) is 13.8 Å². The van der Waals surface area contributed by atoms with Gasteiger partial charge in [-0.15, -0.1) is 0 Å². The first-order chi connectivity index (χ1) is 13.0. The van der Waals surface area contributed by atoms with Crippen LogP contribution < -0.4 is 9.47 Å². The molecule has 3 nitrogen and oxygen atoms in total. The van der Waals surface area contributed by atoms with Gasteiger partial charge in [0, 0.05) is 10.0 Å². The third kappa shape index (κ3) is 5.20. The van der Waals surface area contributed by atoms with Crippen LogP contribution in [0.1, 0.15) is 22.3 Å². The average molecular weight is 425 g/mol. The molecule has 3 aromatic carbocycles. The van der Waals surface area contributed by atoms with E-state index in [0.29, 0.717) is 12.4 Å². The molecule has 0 aliphatic carbocycles. The van der Waals surface area contributed by atoms with Crippen molar-refractivity contribution in [1.29, 1.82) is 0 Å². The van der Waals surface area contributed by atoms with Gasteiger partial charge in [-0.2, -0.15) is 0 Å². The van der Waals surface area contributed by atoms with Crippen LogP contribution in [0.15, 0.2) is 71.2 Å². The minimum atomic E-state index is -0.287. The lowest BCUT2D eigenvalue weighted by Crippen LogP contribution is -2.11. The molecular weight excluding hydrogens is 404 g/mol. The van der Waals surface area contributed by atoms with Crippen molar-refractivity contribution in [3.63, 3.8) is 0 Å². The normalized spacial score (nSPS) is 10.5. The molecule has 0 heterocycles. The number of hydrogen-bond acceptors (Lipinski definition) is 3. The topological polar surface area (TPSA) is 35.5 Å². The number of ether oxygens (including phenoxy) is 2. The van der Waals surface area contributed by atoms with Gasteiger partial charge in [-0.05, 0) is 48.7 Å². The summed E-state index contributed by atoms with van der Waals surface area (Å²) in [7, 11) is 0. The van der Waals surface area contributed by atoms with E-state index >= 15 is 0 Å². The highest BCUT2D eigenvalue weighted by Gasteiger charge is 2.10. The molecule has 0 N–H and O–H groups in total. The Hall–Kier alpha value is -2.59. The van der Waals surface area contributed by atoms with E-state index < -0.39 is 0 Å². The van der Waals surface area contributed by atoms with E-state index in [0.717, 1.165) is 32.5 Å². The predicted molar refractivity (Wildman–Crippen MR) is 110 cm³/mol. The molecule has 3 rings (SSSR count). The van der Waals surface area contributed by atoms with E-state index in [9.17, 15) is 4.79 Å². The molecular formula is C23H21BrO3. The predicted octanol–water partition coefficient (Wildman–Crippen LogP) is 5.79. The summed E-state index contributed by atoms with van der Waals surface area (Å²) in [5.74, 6) is 1.11. The zero-order valence-electron chi connectivity index (χ0n) is 15.4. The maximum atomic E-state index is 12.2. The Morgan fingerprint density at radius 3 is 2.33 bits per heavy atom. The molecule has 0 aliphatic heterocycles. The summed E-state index contributed by atoms with van der Waals surface area (Å²) < 4.78 is 12.4. The number of esters is 1. The number of benzene rings is 3. The standard InChI is InChI=1S/C23H21BrO3/c1-16-7-6-8-17(2)23(16)26-15-19-14-20(11-12-21(19)24)27-22(25)13-18-9-4-3-5-10-18/h3-12,14H,13,15H2,1-2H3. The molecule has 0 spiro atoms. The Bertz CT molecular complexity index is 915. The van der Waals surface area contributed by atoms with E-state index in [4.69, 9.17) is 9.47 Å². The summed E-state index contributed by atoms with van der Waals surface area (Å²) in [6.45, 7) is 4.44. The fraction of sp³-hybridized carbons (Fsp3) is 0.174. The third-order valence-corrected chi connectivity index (χ3v) is 4.99. The smallest absolute Gasteiger partial charge is 0.315 e. The van der Waals surface area contributed by atoms with Gasteiger partial charge in [0.05, 0.1) is 6.42 Å². The highest BCUT2D eigenvalue weighted by atomic mass is 79.9. The molecule has 0 atom stereocenters. The van der Waals surface area contributed by atoms with Crippen LogP contribution in [-0.2, 0) is 17.8 Å². The molecule has 0 fully saturated rings. The van der Waals surface area contributed by atoms with Crippen LogP contribution in [0.2, 0.25) is 0 Å². The molecule has 0 bridgehead atoms. The van der Waals surface area contributed by atoms with Crippen molar-refractivity contribution in [2.24, 2.45) is 0 Å². The van der Waals surface area contributed by atoms with Crippen molar-refractivity contribution in [1.82, 2.24) is 0 Å². The molecule has 0 saturated carbocycles. The quantitative estimate of drug-likeness (QED) is 0.370. The van der Waals surface area contributed by atoms with Gasteiger partial charge < -0.3 is 9.47 Å². The van der Waals surface area contributed by atoms with Crippen molar-refractivity contribution in [3.05, 3.63) is 93.5 Å². The first kappa shape index (κ1) is 19.2. The number of halogens is 1. The number of carbonyl (C=O) groups is 1. The molecule has 0 saturated heterocycles. The Morgan fingerprint density at radius 1 is 0.926 bits per heavy atom. The second-order valence-electron chi connectivity index (χ2n) is 6.40. The number of rotatable bonds is 6. The SMILES string of the molecule is Cc1cccc(C)c1OCc1cc(OC(=O)Cc2ccccc2)ccc1Br. The van der Waals surface area contributed by atoms with Gasteiger partial charge in [-0.1, -0.05) is 64.5 Å². The molecule has 3 aromatic rings. The molecule has 0 radical (unpaired) electrons. The van der Waals surface area contributed by atoms with Gasteiger partial charge in [0.2, 0.25) is 0 Å². The zero-order valence-corrected chi connectivity index (χ0v) is 17.0. The van der Waals surface area contributed by atoms with Gasteiger partial charge in [-0.25, -0.2) is 0 Å². The fourth-order valence-electron chi connectivity index (χ4n) is 2.83. The van der Waals surface area contributed by atoms with Crippen molar-refractivity contribution < 1.29 is 14.3 Å². The number of aryl methyl sites for hydroxylation is 2. The summed E-state index contributed by atoms with van der Waals surface area (Å²) in [5, 5.41) is 0. The summed E-state index contributed by atoms with van der Waals surface area (Å²) in [6.07, 6.45) is 0.241. The summed E-state index contributed by atoms with van der Waals surface area (Å²) in [6, 6.07) is 21.1. The number of para-hydroxylation sites is 1. The summed E-state index contributed by atoms with van der Waals surface area (Å²) >= 11 is 3.54. The number of hydrogen-bond donors (Lipinski definition) is 0. The maximum absolute atomic E-state index is 12.2. The Balaban J connectivity index is 1.68. The fourth-order valence-corrected chi connectivity index (χ4v) is 3.19. The lowest BCUT2D eigenvalue weighted by molar-refractivity contribution is -0.133. The van der Waals surface area contributed by atoms with Crippen molar-refractivity contribution >= 4 is 21.9 Å². The second-order valence-corrected chi connectivity index (χ2v) is 7.25. The molecule has 0 aliphatic rings. The highest BCUT2D eigenvalue weighted by Crippen LogP contribution is 2.27. The largest absolute Gasteiger partial charge is 0.488 e. The first-order valence-electron chi connectivity index (χ1n) is 8.75. The van der Waals surface area contributed by atoms with Crippen LogP contribution in [-0.4, -0.2) is 5.97 Å². The van der Waals surface area contributed by atoms with Crippen molar-refractivity contribution in [3.8, 4) is 11.5 Å². The van der Waals surface area contributed by atoms with E-state index in [1.165, 1.54) is 0 Å². The van der Waals surface area contributed by atoms with Crippen molar-refractivity contribution in [2.75, 3.05) is 0 Å². The summed E-state index contributed by atoms with van der Waals surface area (Å²) in [4.78, 5) is 12.2. The van der Waals surface area contributed by atoms with Crippen molar-refractivity contribution in [2.45, 2.75) is 26.9 Å². The van der Waals surface area contributed by atoms with Crippen LogP contribution >= 0.6 is 15.9 Å². The van der Waals surface area contributed by atoms with Gasteiger partial charge in [0.25, 0.3) is 0 Å². The molecule has 27 heavy (non-hydrogen) atoms. The Kier molecular flexibility index (Phi) is 6.30. The number of carbonyl (C=O) groups excluding carboxylic acids is 1. The van der Waals surface area contributed by atoms with E-state index in [1.807, 2.05) is 74.5 Å². The Labute approximate surface area is 168 Å². The third-order valence-electron chi connectivity index (χ3n) is 4.22. The first-order valence-corrected chi connectivity index (χ1v) is 9.54. The van der Waals surface area contributed by atoms with Gasteiger partial charge in [0.15, 0.2) is 0 Å². The molecule has 0 unspecified atom stereocenters. The van der Waals surface area contributed by atoms with Gasteiger partial charge >= 0.3 is 5.97 Å². The second kappa shape index (κ2) is 8.87. The molecule has 138 valence electrons. The lowest BCUT2D eigenvalue weighted by Gasteiger charge is -2.14. The van der Waals surface area contributed by atoms with E-state index in [2.05, 4.69) is 15.9 Å². The zero-order chi connectivity index (χ0) is 19.2. The van der Waals surface area contributed by atoms with Crippen LogP contribution in [0.5, 0.6) is 11.5 Å². The minimum absolute atomic E-state index is 0.241. The van der Waals surface area contributed by atoms with Gasteiger partial charge in [0.1, 0.15) is 18.1 Å². The Morgan fingerprint density at radius 2 is 1.63 bits per heavy atom. The van der Waals surface area contributed by atoms with E-state index in [-0.39, 0.29) is 12.4 Å². The van der Waals surface area contributed by atoms with Crippen LogP contribution in [0.4, 0.5) is 0 Å².